The van der Waals surface area contributed by atoms with Crippen LogP contribution in [0.15, 0.2) is 26.4 Å². The highest BCUT2D eigenvalue weighted by atomic mass is 79.9. The van der Waals surface area contributed by atoms with E-state index in [1.54, 1.807) is 11.3 Å². The van der Waals surface area contributed by atoms with Gasteiger partial charge in [0.15, 0.2) is 0 Å². The lowest BCUT2D eigenvalue weighted by atomic mass is 10.2. The highest BCUT2D eigenvalue weighted by molar-refractivity contribution is 9.10. The van der Waals surface area contributed by atoms with Crippen molar-refractivity contribution < 1.29 is 4.42 Å². The molecule has 21 heavy (non-hydrogen) atoms. The van der Waals surface area contributed by atoms with Gasteiger partial charge < -0.3 is 9.73 Å². The summed E-state index contributed by atoms with van der Waals surface area (Å²) in [5, 5.41) is 5.56. The number of nitrogens with one attached hydrogen (secondary N) is 1. The average molecular weight is 371 g/mol. The molecule has 3 nitrogen and oxygen atoms in total. The van der Waals surface area contributed by atoms with E-state index in [-0.39, 0.29) is 0 Å². The fraction of sp³-hybridized carbons (Fsp3) is 0.500. The first-order valence-electron chi connectivity index (χ1n) is 7.17. The zero-order valence-electron chi connectivity index (χ0n) is 13.1. The Morgan fingerprint density at radius 2 is 2.10 bits per heavy atom. The summed E-state index contributed by atoms with van der Waals surface area (Å²) >= 11 is 5.28. The van der Waals surface area contributed by atoms with Gasteiger partial charge >= 0.3 is 0 Å². The predicted octanol–water partition coefficient (Wildman–Crippen LogP) is 4.54. The summed E-state index contributed by atoms with van der Waals surface area (Å²) in [6, 6.07) is 4.83. The minimum Gasteiger partial charge on any atom is -0.465 e. The maximum Gasteiger partial charge on any atom is 0.118 e. The summed E-state index contributed by atoms with van der Waals surface area (Å²) in [5.41, 5.74) is 1.26. The van der Waals surface area contributed by atoms with Crippen molar-refractivity contribution in [3.05, 3.63) is 43.9 Å². The van der Waals surface area contributed by atoms with E-state index in [0.717, 1.165) is 35.6 Å². The van der Waals surface area contributed by atoms with Crippen molar-refractivity contribution >= 4 is 27.3 Å². The third-order valence-electron chi connectivity index (χ3n) is 3.25. The Kier molecular flexibility index (Phi) is 6.05. The van der Waals surface area contributed by atoms with E-state index < -0.39 is 0 Å². The van der Waals surface area contributed by atoms with Crippen molar-refractivity contribution in [3.63, 3.8) is 0 Å². The minimum absolute atomic E-state index is 0.489. The van der Waals surface area contributed by atoms with E-state index in [0.29, 0.717) is 6.04 Å². The smallest absolute Gasteiger partial charge is 0.118 e. The molecule has 0 saturated carbocycles. The molecule has 0 bridgehead atoms. The molecule has 0 fully saturated rings. The van der Waals surface area contributed by atoms with Crippen LogP contribution in [0.1, 0.15) is 35.8 Å². The van der Waals surface area contributed by atoms with Crippen LogP contribution in [-0.4, -0.2) is 18.0 Å². The summed E-state index contributed by atoms with van der Waals surface area (Å²) in [5.74, 6) is 2.05. The molecule has 0 radical (unpaired) electrons. The Morgan fingerprint density at radius 3 is 2.71 bits per heavy atom. The normalized spacial score (nSPS) is 11.8. The van der Waals surface area contributed by atoms with Crippen molar-refractivity contribution in [1.29, 1.82) is 0 Å². The summed E-state index contributed by atoms with van der Waals surface area (Å²) < 4.78 is 7.03. The molecule has 0 spiro atoms. The molecule has 0 saturated heterocycles. The van der Waals surface area contributed by atoms with E-state index in [9.17, 15) is 0 Å². The van der Waals surface area contributed by atoms with Crippen LogP contribution in [0.5, 0.6) is 0 Å². The van der Waals surface area contributed by atoms with Gasteiger partial charge in [0.2, 0.25) is 0 Å². The van der Waals surface area contributed by atoms with Crippen molar-refractivity contribution in [2.24, 2.45) is 0 Å². The van der Waals surface area contributed by atoms with Gasteiger partial charge in [-0.05, 0) is 42.0 Å². The lowest BCUT2D eigenvalue weighted by molar-refractivity contribution is 0.287. The molecular formula is C16H23BrN2OS. The molecule has 2 heterocycles. The maximum atomic E-state index is 5.87. The predicted molar refractivity (Wildman–Crippen MR) is 92.6 cm³/mol. The van der Waals surface area contributed by atoms with E-state index in [1.807, 2.05) is 6.92 Å². The van der Waals surface area contributed by atoms with Crippen molar-refractivity contribution in [1.82, 2.24) is 10.2 Å². The molecule has 0 atom stereocenters. The molecule has 1 N–H and O–H groups in total. The highest BCUT2D eigenvalue weighted by Crippen LogP contribution is 2.22. The standard InChI is InChI=1S/C16H23BrN2OS/c1-11(2)18-7-13-5-15(20-12(13)3)8-19(4)9-16-6-14(17)10-21-16/h5-6,10-11,18H,7-9H2,1-4H3. The van der Waals surface area contributed by atoms with Gasteiger partial charge in [-0.1, -0.05) is 13.8 Å². The van der Waals surface area contributed by atoms with Crippen LogP contribution in [0, 0.1) is 6.92 Å². The van der Waals surface area contributed by atoms with Gasteiger partial charge in [0.1, 0.15) is 11.5 Å². The topological polar surface area (TPSA) is 28.4 Å². The van der Waals surface area contributed by atoms with Crippen LogP contribution in [-0.2, 0) is 19.6 Å². The Balaban J connectivity index is 1.91. The molecule has 5 heteroatoms. The molecule has 0 aromatic carbocycles. The van der Waals surface area contributed by atoms with Crippen LogP contribution in [0.3, 0.4) is 0 Å². The third-order valence-corrected chi connectivity index (χ3v) is 4.93. The van der Waals surface area contributed by atoms with E-state index >= 15 is 0 Å². The second kappa shape index (κ2) is 7.58. The summed E-state index contributed by atoms with van der Waals surface area (Å²) in [6.45, 7) is 8.99. The fourth-order valence-corrected chi connectivity index (χ4v) is 3.71. The first kappa shape index (κ1) is 16.7. The zero-order chi connectivity index (χ0) is 15.4. The molecule has 2 rings (SSSR count). The van der Waals surface area contributed by atoms with E-state index in [2.05, 4.69) is 64.6 Å². The van der Waals surface area contributed by atoms with Gasteiger partial charge in [-0.25, -0.2) is 0 Å². The van der Waals surface area contributed by atoms with Crippen LogP contribution in [0.2, 0.25) is 0 Å². The molecular weight excluding hydrogens is 348 g/mol. The van der Waals surface area contributed by atoms with Gasteiger partial charge in [0.25, 0.3) is 0 Å². The van der Waals surface area contributed by atoms with Gasteiger partial charge in [-0.3, -0.25) is 4.90 Å². The lowest BCUT2D eigenvalue weighted by Crippen LogP contribution is -2.21. The average Bonchev–Trinajstić information content (AvgIpc) is 2.93. The SMILES string of the molecule is Cc1oc(CN(C)Cc2cc(Br)cs2)cc1CNC(C)C. The molecule has 0 aliphatic carbocycles. The molecule has 0 aliphatic heterocycles. The number of thiophene rings is 1. The lowest BCUT2D eigenvalue weighted by Gasteiger charge is -2.13. The monoisotopic (exact) mass is 370 g/mol. The second-order valence-corrected chi connectivity index (χ2v) is 7.64. The number of furan rings is 1. The van der Waals surface area contributed by atoms with Gasteiger partial charge in [-0.15, -0.1) is 11.3 Å². The van der Waals surface area contributed by atoms with Crippen molar-refractivity contribution in [3.8, 4) is 0 Å². The number of nitrogens with zero attached hydrogens (tertiary/aromatic N) is 1. The molecule has 2 aromatic heterocycles. The molecule has 116 valence electrons. The molecule has 0 unspecified atom stereocenters. The van der Waals surface area contributed by atoms with Gasteiger partial charge in [-0.2, -0.15) is 0 Å². The Labute approximate surface area is 139 Å². The first-order chi connectivity index (χ1) is 9.94. The quantitative estimate of drug-likeness (QED) is 0.775. The summed E-state index contributed by atoms with van der Waals surface area (Å²) in [4.78, 5) is 3.63. The van der Waals surface area contributed by atoms with Crippen LogP contribution in [0.4, 0.5) is 0 Å². The fourth-order valence-electron chi connectivity index (χ4n) is 2.18. The van der Waals surface area contributed by atoms with E-state index in [4.69, 9.17) is 4.42 Å². The summed E-state index contributed by atoms with van der Waals surface area (Å²) in [7, 11) is 2.12. The molecule has 2 aromatic rings. The maximum absolute atomic E-state index is 5.87. The minimum atomic E-state index is 0.489. The van der Waals surface area contributed by atoms with Crippen molar-refractivity contribution in [2.45, 2.75) is 46.4 Å². The van der Waals surface area contributed by atoms with Gasteiger partial charge in [0, 0.05) is 39.4 Å². The highest BCUT2D eigenvalue weighted by Gasteiger charge is 2.11. The summed E-state index contributed by atoms with van der Waals surface area (Å²) in [6.07, 6.45) is 0. The largest absolute Gasteiger partial charge is 0.465 e. The second-order valence-electron chi connectivity index (χ2n) is 5.73. The Morgan fingerprint density at radius 1 is 1.33 bits per heavy atom. The zero-order valence-corrected chi connectivity index (χ0v) is 15.5. The van der Waals surface area contributed by atoms with Gasteiger partial charge in [0.05, 0.1) is 6.54 Å². The molecule has 0 aliphatic rings. The number of hydrogen-bond acceptors (Lipinski definition) is 4. The van der Waals surface area contributed by atoms with Crippen LogP contribution in [0.25, 0.3) is 0 Å². The number of rotatable bonds is 7. The van der Waals surface area contributed by atoms with Crippen LogP contribution < -0.4 is 5.32 Å². The first-order valence-corrected chi connectivity index (χ1v) is 8.84. The Bertz CT molecular complexity index is 577. The third kappa shape index (κ3) is 5.25. The number of halogens is 1. The molecule has 0 amide bonds. The Hall–Kier alpha value is -0.620. The van der Waals surface area contributed by atoms with Crippen LogP contribution >= 0.6 is 27.3 Å². The number of hydrogen-bond donors (Lipinski definition) is 1. The number of aryl methyl sites for hydroxylation is 1. The van der Waals surface area contributed by atoms with Crippen molar-refractivity contribution in [2.75, 3.05) is 7.05 Å². The van der Waals surface area contributed by atoms with E-state index in [1.165, 1.54) is 10.4 Å².